The molecule has 0 aliphatic carbocycles. The van der Waals surface area contributed by atoms with Crippen LogP contribution in [0.1, 0.15) is 18.7 Å². The Kier molecular flexibility index (Phi) is 4.58. The van der Waals surface area contributed by atoms with Crippen molar-refractivity contribution in [1.82, 2.24) is 14.5 Å². The predicted molar refractivity (Wildman–Crippen MR) is 83.2 cm³/mol. The Bertz CT molecular complexity index is 563. The van der Waals surface area contributed by atoms with E-state index in [1.807, 2.05) is 18.3 Å². The molecule has 0 spiro atoms. The quantitative estimate of drug-likeness (QED) is 0.849. The third-order valence-corrected chi connectivity index (χ3v) is 4.94. The van der Waals surface area contributed by atoms with Crippen molar-refractivity contribution in [3.05, 3.63) is 24.2 Å². The number of nitrogens with zero attached hydrogens (tertiary/aromatic N) is 3. The molecule has 3 heterocycles. The Balaban J connectivity index is 1.88. The largest absolute Gasteiger partial charge is 0.384 e. The fourth-order valence-electron chi connectivity index (χ4n) is 2.77. The predicted octanol–water partition coefficient (Wildman–Crippen LogP) is 2.76. The summed E-state index contributed by atoms with van der Waals surface area (Å²) >= 11 is 2.07. The van der Waals surface area contributed by atoms with Gasteiger partial charge in [-0.2, -0.15) is 11.8 Å². The molecule has 2 aromatic rings. The van der Waals surface area contributed by atoms with Crippen LogP contribution < -0.4 is 0 Å². The molecule has 0 aromatic carbocycles. The molecule has 3 rings (SSSR count). The van der Waals surface area contributed by atoms with E-state index in [0.29, 0.717) is 6.61 Å². The highest BCUT2D eigenvalue weighted by Gasteiger charge is 2.18. The fraction of sp³-hybridized carbons (Fsp3) is 0.600. The van der Waals surface area contributed by atoms with Crippen molar-refractivity contribution in [2.24, 2.45) is 5.92 Å². The second kappa shape index (κ2) is 6.59. The standard InChI is InChI=1S/C15H21N3OS/c1-19-8-4-14-17-13-3-2-7-16-15(13)18(14)11-12-5-9-20-10-6-12/h2-3,7,12H,4-6,8-11H2,1H3. The molecule has 2 aromatic heterocycles. The van der Waals surface area contributed by atoms with Crippen LogP contribution in [0.3, 0.4) is 0 Å². The lowest BCUT2D eigenvalue weighted by Crippen LogP contribution is -2.18. The molecule has 108 valence electrons. The van der Waals surface area contributed by atoms with Crippen LogP contribution in [0.4, 0.5) is 0 Å². The summed E-state index contributed by atoms with van der Waals surface area (Å²) in [6.45, 7) is 1.76. The SMILES string of the molecule is COCCc1nc2cccnc2n1CC1CCSCC1. The summed E-state index contributed by atoms with van der Waals surface area (Å²) in [7, 11) is 1.74. The molecule has 20 heavy (non-hydrogen) atoms. The lowest BCUT2D eigenvalue weighted by Gasteiger charge is -2.22. The Hall–Kier alpha value is -1.07. The van der Waals surface area contributed by atoms with E-state index >= 15 is 0 Å². The van der Waals surface area contributed by atoms with Gasteiger partial charge in [0, 0.05) is 26.3 Å². The van der Waals surface area contributed by atoms with Crippen molar-refractivity contribution in [1.29, 1.82) is 0 Å². The van der Waals surface area contributed by atoms with E-state index in [1.165, 1.54) is 24.3 Å². The molecule has 1 aliphatic heterocycles. The van der Waals surface area contributed by atoms with Crippen LogP contribution in [0.2, 0.25) is 0 Å². The molecular formula is C15H21N3OS. The maximum Gasteiger partial charge on any atom is 0.159 e. The minimum absolute atomic E-state index is 0.712. The summed E-state index contributed by atoms with van der Waals surface area (Å²) in [5.41, 5.74) is 2.03. The maximum atomic E-state index is 5.21. The number of fused-ring (bicyclic) bond motifs is 1. The number of thioether (sulfide) groups is 1. The van der Waals surface area contributed by atoms with Gasteiger partial charge in [-0.25, -0.2) is 9.97 Å². The highest BCUT2D eigenvalue weighted by atomic mass is 32.2. The first kappa shape index (κ1) is 13.9. The molecule has 1 fully saturated rings. The van der Waals surface area contributed by atoms with E-state index in [9.17, 15) is 0 Å². The third-order valence-electron chi connectivity index (χ3n) is 3.89. The molecule has 0 N–H and O–H groups in total. The van der Waals surface area contributed by atoms with Gasteiger partial charge in [-0.05, 0) is 42.4 Å². The highest BCUT2D eigenvalue weighted by Crippen LogP contribution is 2.26. The van der Waals surface area contributed by atoms with Gasteiger partial charge in [0.1, 0.15) is 11.3 Å². The second-order valence-electron chi connectivity index (χ2n) is 5.28. The van der Waals surface area contributed by atoms with Gasteiger partial charge in [0.25, 0.3) is 0 Å². The van der Waals surface area contributed by atoms with E-state index in [-0.39, 0.29) is 0 Å². The van der Waals surface area contributed by atoms with Crippen molar-refractivity contribution in [3.63, 3.8) is 0 Å². The van der Waals surface area contributed by atoms with Gasteiger partial charge < -0.3 is 9.30 Å². The van der Waals surface area contributed by atoms with Crippen molar-refractivity contribution in [2.45, 2.75) is 25.8 Å². The second-order valence-corrected chi connectivity index (χ2v) is 6.51. The van der Waals surface area contributed by atoms with Crippen molar-refractivity contribution in [2.75, 3.05) is 25.2 Å². The first-order valence-corrected chi connectivity index (χ1v) is 8.41. The smallest absolute Gasteiger partial charge is 0.159 e. The lowest BCUT2D eigenvalue weighted by atomic mass is 10.0. The summed E-state index contributed by atoms with van der Waals surface area (Å²) in [5.74, 6) is 4.45. The van der Waals surface area contributed by atoms with E-state index in [1.54, 1.807) is 7.11 Å². The van der Waals surface area contributed by atoms with Gasteiger partial charge in [0.15, 0.2) is 5.65 Å². The zero-order valence-electron chi connectivity index (χ0n) is 11.9. The van der Waals surface area contributed by atoms with Crippen LogP contribution in [-0.4, -0.2) is 39.8 Å². The third kappa shape index (κ3) is 2.99. The summed E-state index contributed by atoms with van der Waals surface area (Å²) < 4.78 is 7.52. The Morgan fingerprint density at radius 2 is 2.25 bits per heavy atom. The van der Waals surface area contributed by atoms with Crippen LogP contribution in [0, 0.1) is 5.92 Å². The summed E-state index contributed by atoms with van der Waals surface area (Å²) in [6.07, 6.45) is 5.33. The average Bonchev–Trinajstić information content (AvgIpc) is 2.84. The zero-order chi connectivity index (χ0) is 13.8. The van der Waals surface area contributed by atoms with E-state index < -0.39 is 0 Å². The highest BCUT2D eigenvalue weighted by molar-refractivity contribution is 7.99. The molecule has 4 nitrogen and oxygen atoms in total. The number of ether oxygens (including phenoxy) is 1. The van der Waals surface area contributed by atoms with Gasteiger partial charge in [-0.15, -0.1) is 0 Å². The van der Waals surface area contributed by atoms with Crippen molar-refractivity contribution in [3.8, 4) is 0 Å². The van der Waals surface area contributed by atoms with Gasteiger partial charge in [-0.3, -0.25) is 0 Å². The van der Waals surface area contributed by atoms with Crippen molar-refractivity contribution < 1.29 is 4.74 Å². The number of imidazole rings is 1. The maximum absolute atomic E-state index is 5.21. The number of hydrogen-bond donors (Lipinski definition) is 0. The van der Waals surface area contributed by atoms with Crippen LogP contribution in [0.25, 0.3) is 11.2 Å². The Morgan fingerprint density at radius 1 is 1.40 bits per heavy atom. The van der Waals surface area contributed by atoms with E-state index in [2.05, 4.69) is 21.3 Å². The van der Waals surface area contributed by atoms with Gasteiger partial charge >= 0.3 is 0 Å². The van der Waals surface area contributed by atoms with Gasteiger partial charge in [-0.1, -0.05) is 0 Å². The first-order chi connectivity index (χ1) is 9.88. The van der Waals surface area contributed by atoms with E-state index in [4.69, 9.17) is 9.72 Å². The molecule has 0 atom stereocenters. The molecule has 0 radical (unpaired) electrons. The minimum atomic E-state index is 0.712. The Labute approximate surface area is 123 Å². The average molecular weight is 291 g/mol. The van der Waals surface area contributed by atoms with Crippen LogP contribution >= 0.6 is 11.8 Å². The summed E-state index contributed by atoms with van der Waals surface area (Å²) in [5, 5.41) is 0. The molecule has 0 bridgehead atoms. The monoisotopic (exact) mass is 291 g/mol. The van der Waals surface area contributed by atoms with Gasteiger partial charge in [0.2, 0.25) is 0 Å². The molecule has 0 unspecified atom stereocenters. The minimum Gasteiger partial charge on any atom is -0.384 e. The molecule has 0 amide bonds. The molecule has 1 saturated heterocycles. The van der Waals surface area contributed by atoms with Crippen LogP contribution in [0.5, 0.6) is 0 Å². The number of pyridine rings is 1. The normalized spacial score (nSPS) is 16.9. The summed E-state index contributed by atoms with van der Waals surface area (Å²) in [6, 6.07) is 4.00. The lowest BCUT2D eigenvalue weighted by molar-refractivity contribution is 0.199. The fourth-order valence-corrected chi connectivity index (χ4v) is 3.97. The Morgan fingerprint density at radius 3 is 3.05 bits per heavy atom. The number of aromatic nitrogens is 3. The number of methoxy groups -OCH3 is 1. The number of hydrogen-bond acceptors (Lipinski definition) is 4. The molecule has 0 saturated carbocycles. The van der Waals surface area contributed by atoms with Crippen molar-refractivity contribution >= 4 is 22.9 Å². The molecular weight excluding hydrogens is 270 g/mol. The molecule has 1 aliphatic rings. The topological polar surface area (TPSA) is 39.9 Å². The van der Waals surface area contributed by atoms with Gasteiger partial charge in [0.05, 0.1) is 6.61 Å². The van der Waals surface area contributed by atoms with Crippen LogP contribution in [0.15, 0.2) is 18.3 Å². The summed E-state index contributed by atoms with van der Waals surface area (Å²) in [4.78, 5) is 9.26. The molecule has 5 heteroatoms. The first-order valence-electron chi connectivity index (χ1n) is 7.25. The zero-order valence-corrected chi connectivity index (χ0v) is 12.7. The van der Waals surface area contributed by atoms with Crippen LogP contribution in [-0.2, 0) is 17.7 Å². The van der Waals surface area contributed by atoms with E-state index in [0.717, 1.165) is 35.9 Å². The number of rotatable bonds is 5.